The summed E-state index contributed by atoms with van der Waals surface area (Å²) in [6.07, 6.45) is 1.13. The third kappa shape index (κ3) is 3.72. The van der Waals surface area contributed by atoms with E-state index < -0.39 is 0 Å². The van der Waals surface area contributed by atoms with Crippen molar-refractivity contribution in [1.82, 2.24) is 5.32 Å². The molecule has 1 rings (SSSR count). The maximum Gasteiger partial charge on any atom is 0.0509 e. The minimum Gasteiger partial charge on any atom is -0.399 e. The van der Waals surface area contributed by atoms with Crippen LogP contribution in [-0.4, -0.2) is 27.2 Å². The fraction of sp³-hybridized carbons (Fsp3) is 0.455. The number of benzene rings is 1. The Kier molecular flexibility index (Phi) is 4.91. The highest BCUT2D eigenvalue weighted by atomic mass is 79.9. The highest BCUT2D eigenvalue weighted by Gasteiger charge is 2.04. The average molecular weight is 272 g/mol. The second-order valence-electron chi connectivity index (χ2n) is 3.59. The number of anilines is 2. The van der Waals surface area contributed by atoms with Crippen LogP contribution in [0.25, 0.3) is 0 Å². The highest BCUT2D eigenvalue weighted by Crippen LogP contribution is 2.27. The van der Waals surface area contributed by atoms with Crippen LogP contribution >= 0.6 is 15.9 Å². The van der Waals surface area contributed by atoms with E-state index in [1.165, 1.54) is 5.69 Å². The van der Waals surface area contributed by atoms with Crippen LogP contribution in [0.3, 0.4) is 0 Å². The molecule has 84 valence electrons. The summed E-state index contributed by atoms with van der Waals surface area (Å²) >= 11 is 3.52. The van der Waals surface area contributed by atoms with Crippen LogP contribution in [-0.2, 0) is 0 Å². The summed E-state index contributed by atoms with van der Waals surface area (Å²) in [6.45, 7) is 2.07. The Morgan fingerprint density at radius 1 is 1.47 bits per heavy atom. The van der Waals surface area contributed by atoms with Crippen molar-refractivity contribution < 1.29 is 0 Å². The molecule has 0 saturated carbocycles. The molecule has 0 amide bonds. The Morgan fingerprint density at radius 3 is 2.80 bits per heavy atom. The molecule has 15 heavy (non-hydrogen) atoms. The first-order valence-corrected chi connectivity index (χ1v) is 5.85. The van der Waals surface area contributed by atoms with Gasteiger partial charge in [-0.2, -0.15) is 0 Å². The third-order valence-corrected chi connectivity index (χ3v) is 2.94. The molecular weight excluding hydrogens is 254 g/mol. The van der Waals surface area contributed by atoms with E-state index in [4.69, 9.17) is 5.73 Å². The number of rotatable bonds is 5. The molecule has 0 heterocycles. The van der Waals surface area contributed by atoms with Gasteiger partial charge in [-0.05, 0) is 54.1 Å². The first kappa shape index (κ1) is 12.3. The zero-order valence-corrected chi connectivity index (χ0v) is 10.8. The molecule has 1 aromatic rings. The van der Waals surface area contributed by atoms with Gasteiger partial charge in [-0.25, -0.2) is 0 Å². The molecule has 3 N–H and O–H groups in total. The Bertz CT molecular complexity index is 315. The van der Waals surface area contributed by atoms with Gasteiger partial charge in [0.15, 0.2) is 0 Å². The zero-order valence-electron chi connectivity index (χ0n) is 9.26. The number of hydrogen-bond acceptors (Lipinski definition) is 3. The maximum atomic E-state index is 5.69. The van der Waals surface area contributed by atoms with Crippen LogP contribution in [0.1, 0.15) is 6.42 Å². The summed E-state index contributed by atoms with van der Waals surface area (Å²) in [5.41, 5.74) is 7.66. The molecule has 0 fully saturated rings. The van der Waals surface area contributed by atoms with Gasteiger partial charge in [0.2, 0.25) is 0 Å². The molecule has 0 aromatic heterocycles. The first-order valence-electron chi connectivity index (χ1n) is 5.06. The Labute approximate surface area is 99.8 Å². The molecule has 0 aliphatic carbocycles. The van der Waals surface area contributed by atoms with Gasteiger partial charge in [0.1, 0.15) is 0 Å². The number of halogens is 1. The van der Waals surface area contributed by atoms with Crippen LogP contribution in [0.15, 0.2) is 22.7 Å². The molecule has 0 saturated heterocycles. The Balaban J connectivity index is 2.61. The van der Waals surface area contributed by atoms with Crippen LogP contribution in [0.4, 0.5) is 11.4 Å². The van der Waals surface area contributed by atoms with Gasteiger partial charge in [-0.1, -0.05) is 0 Å². The van der Waals surface area contributed by atoms with Crippen LogP contribution in [0.2, 0.25) is 0 Å². The zero-order chi connectivity index (χ0) is 11.3. The van der Waals surface area contributed by atoms with Crippen LogP contribution < -0.4 is 16.0 Å². The van der Waals surface area contributed by atoms with Crippen molar-refractivity contribution in [2.45, 2.75) is 6.42 Å². The van der Waals surface area contributed by atoms with Crippen molar-refractivity contribution >= 4 is 27.3 Å². The SMILES string of the molecule is CNCCCN(C)c1ccc(N)cc1Br. The molecular formula is C11H18BrN3. The van der Waals surface area contributed by atoms with Gasteiger partial charge in [0, 0.05) is 23.8 Å². The van der Waals surface area contributed by atoms with E-state index in [1.54, 1.807) is 0 Å². The Morgan fingerprint density at radius 2 is 2.20 bits per heavy atom. The molecule has 1 aromatic carbocycles. The average Bonchev–Trinajstić information content (AvgIpc) is 2.17. The summed E-state index contributed by atoms with van der Waals surface area (Å²) in [4.78, 5) is 2.22. The second-order valence-corrected chi connectivity index (χ2v) is 4.44. The van der Waals surface area contributed by atoms with Gasteiger partial charge in [0.25, 0.3) is 0 Å². The van der Waals surface area contributed by atoms with Crippen molar-refractivity contribution in [2.24, 2.45) is 0 Å². The van der Waals surface area contributed by atoms with Crippen molar-refractivity contribution in [3.05, 3.63) is 22.7 Å². The van der Waals surface area contributed by atoms with Gasteiger partial charge in [-0.15, -0.1) is 0 Å². The Hall–Kier alpha value is -0.740. The van der Waals surface area contributed by atoms with E-state index in [1.807, 2.05) is 25.2 Å². The van der Waals surface area contributed by atoms with E-state index >= 15 is 0 Å². The van der Waals surface area contributed by atoms with Crippen molar-refractivity contribution in [3.8, 4) is 0 Å². The first-order chi connectivity index (χ1) is 7.15. The molecule has 0 aliphatic heterocycles. The second kappa shape index (κ2) is 5.98. The summed E-state index contributed by atoms with van der Waals surface area (Å²) < 4.78 is 1.05. The molecule has 0 bridgehead atoms. The van der Waals surface area contributed by atoms with E-state index in [2.05, 4.69) is 33.2 Å². The molecule has 4 heteroatoms. The van der Waals surface area contributed by atoms with Crippen LogP contribution in [0.5, 0.6) is 0 Å². The molecule has 0 unspecified atom stereocenters. The van der Waals surface area contributed by atoms with Crippen molar-refractivity contribution in [2.75, 3.05) is 37.8 Å². The lowest BCUT2D eigenvalue weighted by Gasteiger charge is -2.20. The molecule has 0 aliphatic rings. The predicted molar refractivity (Wildman–Crippen MR) is 70.4 cm³/mol. The van der Waals surface area contributed by atoms with Crippen molar-refractivity contribution in [3.63, 3.8) is 0 Å². The predicted octanol–water partition coefficient (Wildman–Crippen LogP) is 2.08. The van der Waals surface area contributed by atoms with Gasteiger partial charge < -0.3 is 16.0 Å². The summed E-state index contributed by atoms with van der Waals surface area (Å²) in [7, 11) is 4.06. The summed E-state index contributed by atoms with van der Waals surface area (Å²) in [6, 6.07) is 5.90. The standard InChI is InChI=1S/C11H18BrN3/c1-14-6-3-7-15(2)11-5-4-9(13)8-10(11)12/h4-5,8,14H,3,6-7,13H2,1-2H3. The van der Waals surface area contributed by atoms with Gasteiger partial charge in [0.05, 0.1) is 5.69 Å². The van der Waals surface area contributed by atoms with E-state index in [-0.39, 0.29) is 0 Å². The maximum absolute atomic E-state index is 5.69. The number of hydrogen-bond donors (Lipinski definition) is 2. The molecule has 0 atom stereocenters. The van der Waals surface area contributed by atoms with E-state index in [9.17, 15) is 0 Å². The topological polar surface area (TPSA) is 41.3 Å². The fourth-order valence-electron chi connectivity index (χ4n) is 1.45. The van der Waals surface area contributed by atoms with E-state index in [0.717, 1.165) is 29.7 Å². The molecule has 0 spiro atoms. The van der Waals surface area contributed by atoms with Crippen molar-refractivity contribution in [1.29, 1.82) is 0 Å². The smallest absolute Gasteiger partial charge is 0.0509 e. The number of nitrogen functional groups attached to an aromatic ring is 1. The number of nitrogens with zero attached hydrogens (tertiary/aromatic N) is 1. The minimum atomic E-state index is 0.786. The van der Waals surface area contributed by atoms with Crippen LogP contribution in [0, 0.1) is 0 Å². The number of nitrogens with two attached hydrogens (primary N) is 1. The highest BCUT2D eigenvalue weighted by molar-refractivity contribution is 9.10. The molecule has 3 nitrogen and oxygen atoms in total. The fourth-order valence-corrected chi connectivity index (χ4v) is 2.15. The molecule has 0 radical (unpaired) electrons. The monoisotopic (exact) mass is 271 g/mol. The quantitative estimate of drug-likeness (QED) is 0.637. The largest absolute Gasteiger partial charge is 0.399 e. The normalized spacial score (nSPS) is 10.3. The lowest BCUT2D eigenvalue weighted by Crippen LogP contribution is -2.22. The summed E-state index contributed by atoms with van der Waals surface area (Å²) in [5, 5.41) is 3.14. The van der Waals surface area contributed by atoms with Gasteiger partial charge in [-0.3, -0.25) is 0 Å². The number of nitrogens with one attached hydrogen (secondary N) is 1. The van der Waals surface area contributed by atoms with E-state index in [0.29, 0.717) is 0 Å². The van der Waals surface area contributed by atoms with Gasteiger partial charge >= 0.3 is 0 Å². The lowest BCUT2D eigenvalue weighted by molar-refractivity contribution is 0.712. The third-order valence-electron chi connectivity index (χ3n) is 2.30. The lowest BCUT2D eigenvalue weighted by atomic mass is 10.2. The summed E-state index contributed by atoms with van der Waals surface area (Å²) in [5.74, 6) is 0. The minimum absolute atomic E-state index is 0.786.